The second-order valence-electron chi connectivity index (χ2n) is 10.2. The lowest BCUT2D eigenvalue weighted by molar-refractivity contribution is -0.166. The van der Waals surface area contributed by atoms with Crippen molar-refractivity contribution >= 4 is 18.1 Å². The maximum atomic E-state index is 14.6. The van der Waals surface area contributed by atoms with Gasteiger partial charge >= 0.3 is 12.1 Å². The van der Waals surface area contributed by atoms with E-state index in [4.69, 9.17) is 14.2 Å². The molecule has 206 valence electrons. The number of methoxy groups -OCH3 is 1. The lowest BCUT2D eigenvalue weighted by atomic mass is 9.84. The van der Waals surface area contributed by atoms with Crippen molar-refractivity contribution in [3.05, 3.63) is 71.3 Å². The SMILES string of the molecule is COC(=O)C(OC(C)(C)C)c1c(C(F)(F)F)ccc(-c2ccc(NC=O)cc2)c1-c1ccc2c(c1)CCCO2. The zero-order valence-electron chi connectivity index (χ0n) is 22.1. The largest absolute Gasteiger partial charge is 0.493 e. The number of carbonyl (C=O) groups is 2. The van der Waals surface area contributed by atoms with Crippen LogP contribution in [0.4, 0.5) is 18.9 Å². The van der Waals surface area contributed by atoms with Gasteiger partial charge in [0.05, 0.1) is 24.9 Å². The quantitative estimate of drug-likeness (QED) is 0.259. The van der Waals surface area contributed by atoms with Crippen molar-refractivity contribution in [3.8, 4) is 28.0 Å². The van der Waals surface area contributed by atoms with Gasteiger partial charge in [0.2, 0.25) is 6.41 Å². The van der Waals surface area contributed by atoms with Gasteiger partial charge in [0.25, 0.3) is 0 Å². The van der Waals surface area contributed by atoms with Crippen molar-refractivity contribution < 1.29 is 37.0 Å². The predicted molar refractivity (Wildman–Crippen MR) is 141 cm³/mol. The molecule has 1 heterocycles. The van der Waals surface area contributed by atoms with E-state index < -0.39 is 29.4 Å². The third-order valence-corrected chi connectivity index (χ3v) is 6.32. The number of halogens is 3. The summed E-state index contributed by atoms with van der Waals surface area (Å²) in [6, 6.07) is 14.3. The molecule has 1 amide bonds. The summed E-state index contributed by atoms with van der Waals surface area (Å²) < 4.78 is 60.4. The number of hydrogen-bond acceptors (Lipinski definition) is 5. The molecule has 1 N–H and O–H groups in total. The molecule has 1 aliphatic heterocycles. The van der Waals surface area contributed by atoms with E-state index in [0.717, 1.165) is 25.2 Å². The highest BCUT2D eigenvalue weighted by Gasteiger charge is 2.42. The number of benzene rings is 3. The number of hydrogen-bond donors (Lipinski definition) is 1. The second kappa shape index (κ2) is 11.1. The van der Waals surface area contributed by atoms with Crippen LogP contribution in [-0.2, 0) is 31.7 Å². The molecule has 9 heteroatoms. The van der Waals surface area contributed by atoms with Gasteiger partial charge in [0.15, 0.2) is 6.10 Å². The molecule has 1 atom stereocenters. The van der Waals surface area contributed by atoms with Gasteiger partial charge in [-0.1, -0.05) is 24.3 Å². The smallest absolute Gasteiger partial charge is 0.416 e. The van der Waals surface area contributed by atoms with Crippen LogP contribution >= 0.6 is 0 Å². The average Bonchev–Trinajstić information content (AvgIpc) is 2.90. The lowest BCUT2D eigenvalue weighted by Crippen LogP contribution is -2.30. The minimum absolute atomic E-state index is 0.203. The first-order chi connectivity index (χ1) is 18.4. The first kappa shape index (κ1) is 28.2. The first-order valence-corrected chi connectivity index (χ1v) is 12.5. The Kier molecular flexibility index (Phi) is 8.02. The number of ether oxygens (including phenoxy) is 3. The minimum Gasteiger partial charge on any atom is -0.493 e. The molecule has 1 aliphatic rings. The van der Waals surface area contributed by atoms with E-state index in [-0.39, 0.29) is 11.1 Å². The summed E-state index contributed by atoms with van der Waals surface area (Å²) in [5, 5.41) is 2.55. The molecule has 0 saturated heterocycles. The molecule has 4 rings (SSSR count). The fourth-order valence-electron chi connectivity index (χ4n) is 4.71. The Labute approximate surface area is 225 Å². The van der Waals surface area contributed by atoms with Crippen molar-refractivity contribution in [1.29, 1.82) is 0 Å². The summed E-state index contributed by atoms with van der Waals surface area (Å²) in [7, 11) is 1.12. The molecule has 0 aliphatic carbocycles. The number of fused-ring (bicyclic) bond motifs is 1. The predicted octanol–water partition coefficient (Wildman–Crippen LogP) is 6.96. The van der Waals surface area contributed by atoms with Crippen molar-refractivity contribution in [2.24, 2.45) is 0 Å². The molecular formula is C30H30F3NO5. The third kappa shape index (κ3) is 6.25. The van der Waals surface area contributed by atoms with Gasteiger partial charge in [0.1, 0.15) is 5.75 Å². The summed E-state index contributed by atoms with van der Waals surface area (Å²) in [5.74, 6) is -0.263. The normalized spacial score (nSPS) is 14.1. The maximum Gasteiger partial charge on any atom is 0.416 e. The van der Waals surface area contributed by atoms with Crippen LogP contribution in [0.5, 0.6) is 5.75 Å². The van der Waals surface area contributed by atoms with Gasteiger partial charge in [-0.2, -0.15) is 13.2 Å². The molecule has 1 unspecified atom stereocenters. The lowest BCUT2D eigenvalue weighted by Gasteiger charge is -2.31. The summed E-state index contributed by atoms with van der Waals surface area (Å²) in [6.07, 6.45) is -4.42. The van der Waals surface area contributed by atoms with E-state index in [1.165, 1.54) is 6.07 Å². The monoisotopic (exact) mass is 541 g/mol. The summed E-state index contributed by atoms with van der Waals surface area (Å²) >= 11 is 0. The average molecular weight is 542 g/mol. The molecule has 3 aromatic carbocycles. The number of esters is 1. The van der Waals surface area contributed by atoms with Crippen molar-refractivity contribution in [1.82, 2.24) is 0 Å². The number of aryl methyl sites for hydroxylation is 1. The minimum atomic E-state index is -4.79. The van der Waals surface area contributed by atoms with Gasteiger partial charge in [-0.05, 0) is 91.8 Å². The molecule has 0 saturated carbocycles. The second-order valence-corrected chi connectivity index (χ2v) is 10.2. The zero-order chi connectivity index (χ0) is 28.4. The van der Waals surface area contributed by atoms with E-state index >= 15 is 0 Å². The maximum absolute atomic E-state index is 14.6. The van der Waals surface area contributed by atoms with Gasteiger partial charge in [-0.3, -0.25) is 4.79 Å². The van der Waals surface area contributed by atoms with E-state index in [1.54, 1.807) is 57.2 Å². The van der Waals surface area contributed by atoms with Gasteiger partial charge in [-0.25, -0.2) is 4.79 Å². The van der Waals surface area contributed by atoms with E-state index in [0.29, 0.717) is 47.6 Å². The molecule has 0 bridgehead atoms. The van der Waals surface area contributed by atoms with Crippen molar-refractivity contribution in [2.75, 3.05) is 19.0 Å². The Morgan fingerprint density at radius 1 is 1.03 bits per heavy atom. The van der Waals surface area contributed by atoms with Crippen LogP contribution in [0.1, 0.15) is 50.0 Å². The summed E-state index contributed by atoms with van der Waals surface area (Å²) in [4.78, 5) is 23.9. The Hall–Kier alpha value is -3.85. The number of nitrogens with one attached hydrogen (secondary N) is 1. The molecular weight excluding hydrogens is 511 g/mol. The fraction of sp³-hybridized carbons (Fsp3) is 0.333. The van der Waals surface area contributed by atoms with E-state index in [2.05, 4.69) is 5.32 Å². The Balaban J connectivity index is 2.09. The van der Waals surface area contributed by atoms with Gasteiger partial charge in [0, 0.05) is 11.3 Å². The zero-order valence-corrected chi connectivity index (χ0v) is 22.1. The Morgan fingerprint density at radius 3 is 2.33 bits per heavy atom. The number of alkyl halides is 3. The van der Waals surface area contributed by atoms with E-state index in [9.17, 15) is 22.8 Å². The van der Waals surface area contributed by atoms with E-state index in [1.807, 2.05) is 6.07 Å². The Morgan fingerprint density at radius 2 is 1.72 bits per heavy atom. The number of amides is 1. The molecule has 6 nitrogen and oxygen atoms in total. The molecule has 0 aromatic heterocycles. The van der Waals surface area contributed by atoms with Gasteiger partial charge < -0.3 is 19.5 Å². The molecule has 0 spiro atoms. The molecule has 39 heavy (non-hydrogen) atoms. The highest BCUT2D eigenvalue weighted by Crippen LogP contribution is 2.47. The van der Waals surface area contributed by atoms with Gasteiger partial charge in [-0.15, -0.1) is 0 Å². The molecule has 3 aromatic rings. The number of anilines is 1. The van der Waals surface area contributed by atoms with Crippen LogP contribution in [0.25, 0.3) is 22.3 Å². The highest BCUT2D eigenvalue weighted by atomic mass is 19.4. The molecule has 0 fully saturated rings. The summed E-state index contributed by atoms with van der Waals surface area (Å²) in [5.41, 5.74) is 0.833. The number of rotatable bonds is 7. The van der Waals surface area contributed by atoms with Crippen LogP contribution < -0.4 is 10.1 Å². The van der Waals surface area contributed by atoms with Crippen molar-refractivity contribution in [3.63, 3.8) is 0 Å². The standard InChI is InChI=1S/C30H30F3NO5/c1-29(2,3)39-27(28(36)37-4)26-23(30(31,32)33)13-12-22(18-7-10-21(11-8-18)34-17-35)25(26)20-9-14-24-19(16-20)6-5-15-38-24/h7-14,16-17,27H,5-6,15H2,1-4H3,(H,34,35). The van der Waals surface area contributed by atoms with Crippen LogP contribution in [-0.4, -0.2) is 31.7 Å². The van der Waals surface area contributed by atoms with Crippen LogP contribution in [0.2, 0.25) is 0 Å². The first-order valence-electron chi connectivity index (χ1n) is 12.5. The van der Waals surface area contributed by atoms with Crippen LogP contribution in [0.3, 0.4) is 0 Å². The summed E-state index contributed by atoms with van der Waals surface area (Å²) in [6.45, 7) is 5.55. The third-order valence-electron chi connectivity index (χ3n) is 6.32. The van der Waals surface area contributed by atoms with Crippen LogP contribution in [0.15, 0.2) is 54.6 Å². The number of carbonyl (C=O) groups excluding carboxylic acids is 2. The van der Waals surface area contributed by atoms with Crippen LogP contribution in [0, 0.1) is 0 Å². The highest BCUT2D eigenvalue weighted by molar-refractivity contribution is 5.91. The fourth-order valence-corrected chi connectivity index (χ4v) is 4.71. The Bertz CT molecular complexity index is 1360. The topological polar surface area (TPSA) is 73.9 Å². The molecule has 0 radical (unpaired) electrons. The van der Waals surface area contributed by atoms with Crippen molar-refractivity contribution in [2.45, 2.75) is 51.5 Å².